The molecule has 0 amide bonds. The standard InChI is InChI=1S/C12H16N4/c1-16-8-10(15-9-16)6-7-14-12-5-3-2-4-11(12)13/h2-5,8-9,14H,6-7,13H2,1H3. The summed E-state index contributed by atoms with van der Waals surface area (Å²) in [6.45, 7) is 0.839. The zero-order valence-corrected chi connectivity index (χ0v) is 9.35. The van der Waals surface area contributed by atoms with E-state index in [-0.39, 0.29) is 0 Å². The summed E-state index contributed by atoms with van der Waals surface area (Å²) in [7, 11) is 1.97. The molecule has 1 heterocycles. The lowest BCUT2D eigenvalue weighted by Gasteiger charge is -2.07. The normalized spacial score (nSPS) is 10.3. The fourth-order valence-corrected chi connectivity index (χ4v) is 1.58. The van der Waals surface area contributed by atoms with E-state index in [9.17, 15) is 0 Å². The van der Waals surface area contributed by atoms with Gasteiger partial charge in [0.1, 0.15) is 0 Å². The Bertz CT molecular complexity index is 462. The topological polar surface area (TPSA) is 55.9 Å². The molecule has 84 valence electrons. The van der Waals surface area contributed by atoms with Crippen LogP contribution in [0.4, 0.5) is 11.4 Å². The van der Waals surface area contributed by atoms with Crippen molar-refractivity contribution in [1.29, 1.82) is 0 Å². The first kappa shape index (κ1) is 10.5. The largest absolute Gasteiger partial charge is 0.397 e. The number of rotatable bonds is 4. The number of nitrogens with zero attached hydrogens (tertiary/aromatic N) is 2. The number of nitrogens with one attached hydrogen (secondary N) is 1. The van der Waals surface area contributed by atoms with Crippen molar-refractivity contribution < 1.29 is 0 Å². The maximum atomic E-state index is 5.82. The molecule has 0 saturated carbocycles. The summed E-state index contributed by atoms with van der Waals surface area (Å²) in [4.78, 5) is 4.26. The number of imidazole rings is 1. The van der Waals surface area contributed by atoms with E-state index in [1.54, 1.807) is 0 Å². The molecule has 0 aliphatic heterocycles. The molecular formula is C12H16N4. The molecule has 0 unspecified atom stereocenters. The van der Waals surface area contributed by atoms with Crippen LogP contribution in [0.2, 0.25) is 0 Å². The number of aryl methyl sites for hydroxylation is 1. The van der Waals surface area contributed by atoms with Gasteiger partial charge in [-0.2, -0.15) is 0 Å². The van der Waals surface area contributed by atoms with Crippen LogP contribution in [0.1, 0.15) is 5.69 Å². The molecule has 0 aliphatic rings. The van der Waals surface area contributed by atoms with Crippen molar-refractivity contribution in [2.45, 2.75) is 6.42 Å². The molecular weight excluding hydrogens is 200 g/mol. The molecule has 0 fully saturated rings. The van der Waals surface area contributed by atoms with Crippen LogP contribution in [0.15, 0.2) is 36.8 Å². The molecule has 4 heteroatoms. The molecule has 2 rings (SSSR count). The third-order valence-electron chi connectivity index (χ3n) is 2.42. The van der Waals surface area contributed by atoms with Crippen molar-refractivity contribution in [2.24, 2.45) is 7.05 Å². The Labute approximate surface area is 95.1 Å². The fraction of sp³-hybridized carbons (Fsp3) is 0.250. The minimum absolute atomic E-state index is 0.781. The first-order chi connectivity index (χ1) is 7.75. The molecule has 1 aromatic heterocycles. The summed E-state index contributed by atoms with van der Waals surface area (Å²) in [5.74, 6) is 0. The maximum absolute atomic E-state index is 5.82. The Hall–Kier alpha value is -1.97. The van der Waals surface area contributed by atoms with Crippen LogP contribution in [0.3, 0.4) is 0 Å². The van der Waals surface area contributed by atoms with E-state index in [4.69, 9.17) is 5.73 Å². The first-order valence-corrected chi connectivity index (χ1v) is 5.31. The fourth-order valence-electron chi connectivity index (χ4n) is 1.58. The predicted molar refractivity (Wildman–Crippen MR) is 66.3 cm³/mol. The number of nitrogens with two attached hydrogens (primary N) is 1. The number of para-hydroxylation sites is 2. The number of hydrogen-bond donors (Lipinski definition) is 2. The molecule has 0 bridgehead atoms. The number of anilines is 2. The van der Waals surface area contributed by atoms with Crippen LogP contribution in [-0.2, 0) is 13.5 Å². The van der Waals surface area contributed by atoms with Gasteiger partial charge in [-0.3, -0.25) is 0 Å². The lowest BCUT2D eigenvalue weighted by Crippen LogP contribution is -2.06. The summed E-state index contributed by atoms with van der Waals surface area (Å²) in [5, 5.41) is 3.30. The van der Waals surface area contributed by atoms with Crippen LogP contribution < -0.4 is 11.1 Å². The molecule has 0 spiro atoms. The SMILES string of the molecule is Cn1cnc(CCNc2ccccc2N)c1. The van der Waals surface area contributed by atoms with Gasteiger partial charge in [0.05, 0.1) is 23.4 Å². The Morgan fingerprint density at radius 1 is 1.38 bits per heavy atom. The molecule has 0 aliphatic carbocycles. The van der Waals surface area contributed by atoms with Gasteiger partial charge in [0.2, 0.25) is 0 Å². The average molecular weight is 216 g/mol. The minimum Gasteiger partial charge on any atom is -0.397 e. The molecule has 4 nitrogen and oxygen atoms in total. The lowest BCUT2D eigenvalue weighted by atomic mass is 10.2. The highest BCUT2D eigenvalue weighted by molar-refractivity contribution is 5.65. The smallest absolute Gasteiger partial charge is 0.0946 e. The summed E-state index contributed by atoms with van der Waals surface area (Å²) < 4.78 is 1.95. The second-order valence-electron chi connectivity index (χ2n) is 3.79. The van der Waals surface area contributed by atoms with Gasteiger partial charge in [-0.1, -0.05) is 12.1 Å². The Kier molecular flexibility index (Phi) is 3.10. The van der Waals surface area contributed by atoms with Gasteiger partial charge < -0.3 is 15.6 Å². The Balaban J connectivity index is 1.87. The highest BCUT2D eigenvalue weighted by Gasteiger charge is 1.98. The van der Waals surface area contributed by atoms with E-state index in [1.807, 2.05) is 48.4 Å². The van der Waals surface area contributed by atoms with E-state index in [2.05, 4.69) is 10.3 Å². The quantitative estimate of drug-likeness (QED) is 0.764. The van der Waals surface area contributed by atoms with Gasteiger partial charge in [-0.25, -0.2) is 4.98 Å². The van der Waals surface area contributed by atoms with Crippen molar-refractivity contribution in [3.63, 3.8) is 0 Å². The molecule has 1 aromatic carbocycles. The number of aromatic nitrogens is 2. The summed E-state index contributed by atoms with van der Waals surface area (Å²) >= 11 is 0. The maximum Gasteiger partial charge on any atom is 0.0946 e. The van der Waals surface area contributed by atoms with Crippen LogP contribution >= 0.6 is 0 Å². The van der Waals surface area contributed by atoms with Gasteiger partial charge in [0.15, 0.2) is 0 Å². The van der Waals surface area contributed by atoms with E-state index in [0.29, 0.717) is 0 Å². The number of benzene rings is 1. The monoisotopic (exact) mass is 216 g/mol. The van der Waals surface area contributed by atoms with E-state index in [0.717, 1.165) is 30.0 Å². The molecule has 0 saturated heterocycles. The van der Waals surface area contributed by atoms with Crippen LogP contribution in [0, 0.1) is 0 Å². The average Bonchev–Trinajstić information content (AvgIpc) is 2.67. The highest BCUT2D eigenvalue weighted by Crippen LogP contribution is 2.16. The molecule has 16 heavy (non-hydrogen) atoms. The van der Waals surface area contributed by atoms with Crippen molar-refractivity contribution in [1.82, 2.24) is 9.55 Å². The van der Waals surface area contributed by atoms with Crippen LogP contribution in [-0.4, -0.2) is 16.1 Å². The third-order valence-corrected chi connectivity index (χ3v) is 2.42. The van der Waals surface area contributed by atoms with Gasteiger partial charge in [-0.15, -0.1) is 0 Å². The number of hydrogen-bond acceptors (Lipinski definition) is 3. The van der Waals surface area contributed by atoms with Crippen molar-refractivity contribution in [2.75, 3.05) is 17.6 Å². The van der Waals surface area contributed by atoms with Crippen molar-refractivity contribution >= 4 is 11.4 Å². The number of nitrogen functional groups attached to an aromatic ring is 1. The molecule has 3 N–H and O–H groups in total. The van der Waals surface area contributed by atoms with Gasteiger partial charge in [0.25, 0.3) is 0 Å². The lowest BCUT2D eigenvalue weighted by molar-refractivity contribution is 0.910. The third kappa shape index (κ3) is 2.53. The zero-order valence-electron chi connectivity index (χ0n) is 9.35. The van der Waals surface area contributed by atoms with E-state index in [1.165, 1.54) is 0 Å². The minimum atomic E-state index is 0.781. The van der Waals surface area contributed by atoms with Crippen molar-refractivity contribution in [3.8, 4) is 0 Å². The second kappa shape index (κ2) is 4.70. The highest BCUT2D eigenvalue weighted by atomic mass is 15.0. The summed E-state index contributed by atoms with van der Waals surface area (Å²) in [6, 6.07) is 7.77. The molecule has 2 aromatic rings. The van der Waals surface area contributed by atoms with Crippen molar-refractivity contribution in [3.05, 3.63) is 42.5 Å². The van der Waals surface area contributed by atoms with Gasteiger partial charge >= 0.3 is 0 Å². The van der Waals surface area contributed by atoms with Gasteiger partial charge in [-0.05, 0) is 12.1 Å². The first-order valence-electron chi connectivity index (χ1n) is 5.31. The molecule has 0 atom stereocenters. The Morgan fingerprint density at radius 2 is 2.19 bits per heavy atom. The van der Waals surface area contributed by atoms with Crippen LogP contribution in [0.25, 0.3) is 0 Å². The zero-order chi connectivity index (χ0) is 11.4. The Morgan fingerprint density at radius 3 is 2.88 bits per heavy atom. The van der Waals surface area contributed by atoms with Crippen LogP contribution in [0.5, 0.6) is 0 Å². The summed E-state index contributed by atoms with van der Waals surface area (Å²) in [6.07, 6.45) is 4.73. The predicted octanol–water partition coefficient (Wildman–Crippen LogP) is 1.66. The summed E-state index contributed by atoms with van der Waals surface area (Å²) in [5.41, 5.74) is 8.68. The second-order valence-corrected chi connectivity index (χ2v) is 3.79. The van der Waals surface area contributed by atoms with E-state index >= 15 is 0 Å². The molecule has 0 radical (unpaired) electrons. The van der Waals surface area contributed by atoms with E-state index < -0.39 is 0 Å². The van der Waals surface area contributed by atoms with Gasteiger partial charge in [0, 0.05) is 26.2 Å².